The Morgan fingerprint density at radius 1 is 0.969 bits per heavy atom. The molecule has 0 bridgehead atoms. The Balaban J connectivity index is 1.77. The highest BCUT2D eigenvalue weighted by molar-refractivity contribution is 5.89. The van der Waals surface area contributed by atoms with Crippen LogP contribution in [0.1, 0.15) is 0 Å². The van der Waals surface area contributed by atoms with E-state index < -0.39 is 59.4 Å². The van der Waals surface area contributed by atoms with Gasteiger partial charge in [-0.05, 0) is 0 Å². The first-order chi connectivity index (χ1) is 15.2. The summed E-state index contributed by atoms with van der Waals surface area (Å²) in [4.78, 5) is 23.7. The van der Waals surface area contributed by atoms with Crippen molar-refractivity contribution < 1.29 is 49.3 Å². The number of carboxylic acids is 1. The zero-order valence-electron chi connectivity index (χ0n) is 16.1. The molecule has 0 saturated carbocycles. The van der Waals surface area contributed by atoms with Gasteiger partial charge in [0.15, 0.2) is 16.9 Å². The molecule has 1 saturated heterocycles. The Labute approximate surface area is 178 Å². The van der Waals surface area contributed by atoms with Crippen LogP contribution >= 0.6 is 0 Å². The number of carbonyl (C=O) groups is 1. The summed E-state index contributed by atoms with van der Waals surface area (Å²) in [6.45, 7) is 0. The third-order valence-electron chi connectivity index (χ3n) is 5.03. The SMILES string of the molecule is O=C([O-])[C@H]1O[C@@H](Oc2cc3oc(-c4ccccc4)cc(=O)c3c(O)c2O)[C@H](O)[C@@H](O)[C@@H]1O. The summed E-state index contributed by atoms with van der Waals surface area (Å²) >= 11 is 0. The lowest BCUT2D eigenvalue weighted by Crippen LogP contribution is -2.63. The Kier molecular flexibility index (Phi) is 5.48. The predicted octanol–water partition coefficient (Wildman–Crippen LogP) is -1.19. The number of carbonyl (C=O) groups excluding carboxylic acids is 1. The van der Waals surface area contributed by atoms with E-state index in [4.69, 9.17) is 13.9 Å². The number of phenols is 2. The number of fused-ring (bicyclic) bond motifs is 1. The van der Waals surface area contributed by atoms with Gasteiger partial charge in [-0.3, -0.25) is 4.79 Å². The molecule has 168 valence electrons. The molecule has 0 radical (unpaired) electrons. The molecular weight excluding hydrogens is 428 g/mol. The van der Waals surface area contributed by atoms with Gasteiger partial charge in [-0.15, -0.1) is 0 Å². The molecule has 1 aliphatic heterocycles. The maximum Gasteiger partial charge on any atom is 0.229 e. The second-order valence-corrected chi connectivity index (χ2v) is 7.12. The minimum absolute atomic E-state index is 0.156. The number of aliphatic hydroxyl groups excluding tert-OH is 3. The minimum Gasteiger partial charge on any atom is -0.547 e. The van der Waals surface area contributed by atoms with Crippen molar-refractivity contribution in [2.75, 3.05) is 0 Å². The minimum atomic E-state index is -2.04. The van der Waals surface area contributed by atoms with Crippen LogP contribution in [0.25, 0.3) is 22.3 Å². The molecule has 0 spiro atoms. The van der Waals surface area contributed by atoms with E-state index >= 15 is 0 Å². The molecule has 5 atom stereocenters. The first kappa shape index (κ1) is 21.6. The van der Waals surface area contributed by atoms with E-state index in [2.05, 4.69) is 0 Å². The Hall–Kier alpha value is -3.64. The average molecular weight is 445 g/mol. The number of aliphatic hydroxyl groups is 3. The van der Waals surface area contributed by atoms with Crippen LogP contribution in [0.4, 0.5) is 0 Å². The molecule has 1 aromatic heterocycles. The van der Waals surface area contributed by atoms with Crippen LogP contribution in [0, 0.1) is 0 Å². The van der Waals surface area contributed by atoms with E-state index in [1.165, 1.54) is 0 Å². The largest absolute Gasteiger partial charge is 0.547 e. The summed E-state index contributed by atoms with van der Waals surface area (Å²) in [5.74, 6) is -4.07. The fourth-order valence-electron chi connectivity index (χ4n) is 3.37. The molecule has 2 aromatic carbocycles. The molecule has 11 nitrogen and oxygen atoms in total. The number of benzene rings is 2. The Morgan fingerprint density at radius 2 is 1.66 bits per heavy atom. The Morgan fingerprint density at radius 3 is 2.31 bits per heavy atom. The van der Waals surface area contributed by atoms with E-state index in [1.54, 1.807) is 30.3 Å². The lowest BCUT2D eigenvalue weighted by molar-refractivity contribution is -0.342. The third kappa shape index (κ3) is 3.63. The molecule has 0 aliphatic carbocycles. The van der Waals surface area contributed by atoms with Crippen LogP contribution in [-0.2, 0) is 9.53 Å². The zero-order chi connectivity index (χ0) is 23.2. The highest BCUT2D eigenvalue weighted by Crippen LogP contribution is 2.42. The van der Waals surface area contributed by atoms with Crippen molar-refractivity contribution in [3.63, 3.8) is 0 Å². The van der Waals surface area contributed by atoms with E-state index in [-0.39, 0.29) is 16.7 Å². The van der Waals surface area contributed by atoms with Crippen LogP contribution in [0.3, 0.4) is 0 Å². The van der Waals surface area contributed by atoms with Gasteiger partial charge in [-0.2, -0.15) is 0 Å². The summed E-state index contributed by atoms with van der Waals surface area (Å²) in [6.07, 6.45) is -9.84. The number of hydrogen-bond acceptors (Lipinski definition) is 11. The summed E-state index contributed by atoms with van der Waals surface area (Å²) in [5.41, 5.74) is -0.292. The second-order valence-electron chi connectivity index (χ2n) is 7.12. The van der Waals surface area contributed by atoms with Crippen molar-refractivity contribution in [1.82, 2.24) is 0 Å². The van der Waals surface area contributed by atoms with Crippen molar-refractivity contribution in [1.29, 1.82) is 0 Å². The van der Waals surface area contributed by atoms with Crippen LogP contribution in [0.2, 0.25) is 0 Å². The second kappa shape index (κ2) is 8.13. The first-order valence-corrected chi connectivity index (χ1v) is 9.34. The number of ether oxygens (including phenoxy) is 2. The fraction of sp³-hybridized carbons (Fsp3) is 0.238. The van der Waals surface area contributed by atoms with Gasteiger partial charge >= 0.3 is 0 Å². The van der Waals surface area contributed by atoms with Crippen LogP contribution in [-0.4, -0.2) is 62.2 Å². The normalized spacial score (nSPS) is 25.5. The number of aliphatic carboxylic acids is 1. The highest BCUT2D eigenvalue weighted by Gasteiger charge is 2.46. The van der Waals surface area contributed by atoms with Crippen LogP contribution in [0.5, 0.6) is 17.2 Å². The zero-order valence-corrected chi connectivity index (χ0v) is 16.1. The first-order valence-electron chi connectivity index (χ1n) is 9.34. The lowest BCUT2D eigenvalue weighted by Gasteiger charge is -2.40. The van der Waals surface area contributed by atoms with E-state index in [9.17, 15) is 40.2 Å². The molecule has 32 heavy (non-hydrogen) atoms. The van der Waals surface area contributed by atoms with Crippen molar-refractivity contribution in [2.45, 2.75) is 30.7 Å². The van der Waals surface area contributed by atoms with E-state index in [0.717, 1.165) is 12.1 Å². The highest BCUT2D eigenvalue weighted by atomic mass is 16.7. The molecule has 1 aliphatic rings. The van der Waals surface area contributed by atoms with Gasteiger partial charge in [-0.25, -0.2) is 0 Å². The maximum absolute atomic E-state index is 12.5. The van der Waals surface area contributed by atoms with Gasteiger partial charge in [0.2, 0.25) is 12.0 Å². The molecule has 3 aromatic rings. The smallest absolute Gasteiger partial charge is 0.229 e. The van der Waals surface area contributed by atoms with Gasteiger partial charge < -0.3 is 49.3 Å². The third-order valence-corrected chi connectivity index (χ3v) is 5.03. The van der Waals surface area contributed by atoms with Gasteiger partial charge in [0.1, 0.15) is 41.1 Å². The topological polar surface area (TPSA) is 190 Å². The van der Waals surface area contributed by atoms with Crippen LogP contribution < -0.4 is 15.3 Å². The van der Waals surface area contributed by atoms with Gasteiger partial charge in [0, 0.05) is 17.7 Å². The molecule has 0 unspecified atom stereocenters. The van der Waals surface area contributed by atoms with E-state index in [1.807, 2.05) is 0 Å². The number of rotatable bonds is 4. The molecular formula is C21H17O11-. The predicted molar refractivity (Wildman–Crippen MR) is 104 cm³/mol. The standard InChI is InChI=1S/C21H18O11/c22-9-6-10(8-4-2-1-3-5-8)30-11-7-12(14(23)15(24)13(9)11)31-21-18(27)16(25)17(26)19(32-21)20(28)29/h1-7,16-19,21,23-27H,(H,28,29)/p-1/t16-,17-,18+,19-,21+/m0/s1. The lowest BCUT2D eigenvalue weighted by atomic mass is 9.99. The molecule has 2 heterocycles. The van der Waals surface area contributed by atoms with Gasteiger partial charge in [0.05, 0.1) is 5.97 Å². The molecule has 1 fully saturated rings. The molecule has 11 heteroatoms. The van der Waals surface area contributed by atoms with Crippen molar-refractivity contribution in [2.24, 2.45) is 0 Å². The van der Waals surface area contributed by atoms with Crippen molar-refractivity contribution in [3.05, 3.63) is 52.7 Å². The number of carboxylic acid groups (broad SMARTS) is 1. The number of aromatic hydroxyl groups is 2. The van der Waals surface area contributed by atoms with Crippen LogP contribution in [0.15, 0.2) is 51.7 Å². The molecule has 0 amide bonds. The van der Waals surface area contributed by atoms with Gasteiger partial charge in [0.25, 0.3) is 0 Å². The summed E-state index contributed by atoms with van der Waals surface area (Å²) in [6, 6.07) is 10.7. The average Bonchev–Trinajstić information content (AvgIpc) is 2.77. The van der Waals surface area contributed by atoms with E-state index in [0.29, 0.717) is 5.56 Å². The quantitative estimate of drug-likeness (QED) is 0.303. The van der Waals surface area contributed by atoms with Crippen molar-refractivity contribution in [3.8, 4) is 28.6 Å². The number of phenolic OH excluding ortho intramolecular Hbond substituents is 2. The van der Waals surface area contributed by atoms with Gasteiger partial charge in [-0.1, -0.05) is 30.3 Å². The monoisotopic (exact) mass is 445 g/mol. The molecule has 4 rings (SSSR count). The summed E-state index contributed by atoms with van der Waals surface area (Å²) < 4.78 is 15.9. The summed E-state index contributed by atoms with van der Waals surface area (Å²) in [7, 11) is 0. The fourth-order valence-corrected chi connectivity index (χ4v) is 3.37. The number of hydrogen-bond donors (Lipinski definition) is 5. The maximum atomic E-state index is 12.5. The summed E-state index contributed by atoms with van der Waals surface area (Å²) in [5, 5.41) is 61.1. The van der Waals surface area contributed by atoms with Crippen molar-refractivity contribution >= 4 is 16.9 Å². The Bertz CT molecular complexity index is 1220. The molecule has 5 N–H and O–H groups in total.